The van der Waals surface area contributed by atoms with E-state index in [0.29, 0.717) is 35.5 Å². The molecular formula is C35H47F7O3. The molecule has 3 unspecified atom stereocenters. The summed E-state index contributed by atoms with van der Waals surface area (Å²) in [7, 11) is 0. The fraction of sp³-hybridized carbons (Fsp3) is 0.686. The molecule has 1 heterocycles. The van der Waals surface area contributed by atoms with Gasteiger partial charge in [-0.3, -0.25) is 0 Å². The Labute approximate surface area is 262 Å². The van der Waals surface area contributed by atoms with Crippen LogP contribution >= 0.6 is 0 Å². The molecule has 254 valence electrons. The van der Waals surface area contributed by atoms with Gasteiger partial charge in [0.15, 0.2) is 0 Å². The Bertz CT molecular complexity index is 1300. The lowest BCUT2D eigenvalue weighted by Gasteiger charge is -2.38. The van der Waals surface area contributed by atoms with Crippen molar-refractivity contribution in [1.82, 2.24) is 0 Å². The molecule has 0 aliphatic carbocycles. The van der Waals surface area contributed by atoms with Gasteiger partial charge in [0, 0.05) is 16.3 Å². The highest BCUT2D eigenvalue weighted by Crippen LogP contribution is 2.50. The summed E-state index contributed by atoms with van der Waals surface area (Å²) in [5.74, 6) is -13.7. The molecule has 0 fully saturated rings. The predicted octanol–water partition coefficient (Wildman–Crippen LogP) is 11.4. The number of halogens is 7. The Balaban J connectivity index is 1.68. The number of esters is 1. The van der Waals surface area contributed by atoms with E-state index in [1.165, 1.54) is 57.6 Å². The van der Waals surface area contributed by atoms with Crippen molar-refractivity contribution in [2.45, 2.75) is 136 Å². The summed E-state index contributed by atoms with van der Waals surface area (Å²) in [6.07, 6.45) is 4.60. The van der Waals surface area contributed by atoms with E-state index in [2.05, 4.69) is 32.4 Å². The summed E-state index contributed by atoms with van der Waals surface area (Å²) in [6, 6.07) is 6.21. The minimum atomic E-state index is -6.65. The van der Waals surface area contributed by atoms with Crippen molar-refractivity contribution in [3.05, 3.63) is 35.4 Å². The van der Waals surface area contributed by atoms with Crippen LogP contribution in [-0.2, 0) is 11.2 Å². The molecule has 0 N–H and O–H groups in total. The average molecular weight is 649 g/mol. The normalized spacial score (nSPS) is 18.9. The summed E-state index contributed by atoms with van der Waals surface area (Å²) in [5.41, 5.74) is 0.195. The SMILES string of the molecule is Cc1c2c(c3ccccc3c1OC(=O)C(F)(F)C(F)(F)C(F)(F)F)OC(C)(CCCC(C)CCCC(C)CCCC(C)C)CC2. The van der Waals surface area contributed by atoms with E-state index in [1.807, 2.05) is 6.92 Å². The third kappa shape index (κ3) is 8.64. The van der Waals surface area contributed by atoms with Gasteiger partial charge in [-0.1, -0.05) is 96.9 Å². The van der Waals surface area contributed by atoms with Crippen LogP contribution in [0.15, 0.2) is 24.3 Å². The lowest BCUT2D eigenvalue weighted by atomic mass is 9.84. The zero-order chi connectivity index (χ0) is 33.8. The summed E-state index contributed by atoms with van der Waals surface area (Å²) >= 11 is 0. The number of hydrogen-bond donors (Lipinski definition) is 0. The van der Waals surface area contributed by atoms with E-state index in [-0.39, 0.29) is 10.9 Å². The van der Waals surface area contributed by atoms with Gasteiger partial charge in [0.25, 0.3) is 0 Å². The first-order chi connectivity index (χ1) is 20.8. The van der Waals surface area contributed by atoms with Gasteiger partial charge < -0.3 is 9.47 Å². The number of ether oxygens (including phenoxy) is 2. The smallest absolute Gasteiger partial charge is 0.460 e. The van der Waals surface area contributed by atoms with Crippen LogP contribution in [0, 0.1) is 24.7 Å². The monoisotopic (exact) mass is 648 g/mol. The fourth-order valence-electron chi connectivity index (χ4n) is 6.23. The molecule has 0 bridgehead atoms. The average Bonchev–Trinajstić information content (AvgIpc) is 2.94. The second-order valence-electron chi connectivity index (χ2n) is 13.8. The van der Waals surface area contributed by atoms with Crippen LogP contribution in [0.5, 0.6) is 11.5 Å². The maximum absolute atomic E-state index is 14.1. The standard InChI is InChI=1S/C35H47F7O3/c1-22(2)12-9-13-23(3)14-10-15-24(4)16-11-20-32(6)21-19-26-25(5)29(27-17-7-8-18-28(27)30(26)45-32)44-31(43)33(36,37)34(38,39)35(40,41)42/h7-8,17-18,22-24H,9-16,19-21H2,1-6H3. The highest BCUT2D eigenvalue weighted by molar-refractivity contribution is 5.98. The number of fused-ring (bicyclic) bond motifs is 3. The molecule has 0 amide bonds. The predicted molar refractivity (Wildman–Crippen MR) is 162 cm³/mol. The van der Waals surface area contributed by atoms with Crippen LogP contribution in [-0.4, -0.2) is 29.6 Å². The first-order valence-electron chi connectivity index (χ1n) is 16.1. The molecule has 2 aromatic carbocycles. The largest absolute Gasteiger partial charge is 0.487 e. The minimum Gasteiger partial charge on any atom is -0.487 e. The third-order valence-electron chi connectivity index (χ3n) is 9.21. The fourth-order valence-corrected chi connectivity index (χ4v) is 6.23. The summed E-state index contributed by atoms with van der Waals surface area (Å²) in [6.45, 7) is 12.6. The van der Waals surface area contributed by atoms with Gasteiger partial charge in [-0.2, -0.15) is 30.7 Å². The molecule has 3 atom stereocenters. The number of hydrogen-bond acceptors (Lipinski definition) is 3. The number of benzene rings is 2. The number of alkyl halides is 7. The molecule has 0 spiro atoms. The molecule has 1 aliphatic rings. The van der Waals surface area contributed by atoms with E-state index in [4.69, 9.17) is 4.74 Å². The van der Waals surface area contributed by atoms with E-state index < -0.39 is 35.3 Å². The number of carbonyl (C=O) groups excluding carboxylic acids is 1. The van der Waals surface area contributed by atoms with Crippen molar-refractivity contribution < 1.29 is 45.0 Å². The topological polar surface area (TPSA) is 35.5 Å². The Morgan fingerprint density at radius 2 is 1.40 bits per heavy atom. The second kappa shape index (κ2) is 14.5. The van der Waals surface area contributed by atoms with Crippen molar-refractivity contribution in [1.29, 1.82) is 0 Å². The molecule has 0 aromatic heterocycles. The Hall–Kier alpha value is -2.52. The summed E-state index contributed by atoms with van der Waals surface area (Å²) in [4.78, 5) is 12.1. The maximum atomic E-state index is 14.1. The minimum absolute atomic E-state index is 0.101. The van der Waals surface area contributed by atoms with Crippen LogP contribution in [0.2, 0.25) is 0 Å². The molecule has 3 rings (SSSR count). The molecule has 2 aromatic rings. The molecule has 0 radical (unpaired) electrons. The first-order valence-corrected chi connectivity index (χ1v) is 16.1. The maximum Gasteiger partial charge on any atom is 0.460 e. The number of rotatable bonds is 15. The number of carbonyl (C=O) groups is 1. The molecule has 0 saturated carbocycles. The van der Waals surface area contributed by atoms with Gasteiger partial charge in [-0.25, -0.2) is 4.79 Å². The van der Waals surface area contributed by atoms with E-state index >= 15 is 0 Å². The molecule has 0 saturated heterocycles. The molecule has 45 heavy (non-hydrogen) atoms. The third-order valence-corrected chi connectivity index (χ3v) is 9.21. The quantitative estimate of drug-likeness (QED) is 0.110. The van der Waals surface area contributed by atoms with Crippen molar-refractivity contribution in [3.8, 4) is 11.5 Å². The van der Waals surface area contributed by atoms with Gasteiger partial charge >= 0.3 is 24.0 Å². The van der Waals surface area contributed by atoms with Crippen LogP contribution in [0.25, 0.3) is 10.8 Å². The van der Waals surface area contributed by atoms with Crippen molar-refractivity contribution in [2.75, 3.05) is 0 Å². The molecule has 10 heteroatoms. The Morgan fingerprint density at radius 3 is 1.96 bits per heavy atom. The van der Waals surface area contributed by atoms with Crippen molar-refractivity contribution in [2.24, 2.45) is 17.8 Å². The van der Waals surface area contributed by atoms with Crippen LogP contribution in [0.1, 0.15) is 110 Å². The Kier molecular flexibility index (Phi) is 11.9. The molecule has 1 aliphatic heterocycles. The van der Waals surface area contributed by atoms with E-state index in [1.54, 1.807) is 12.1 Å². The lowest BCUT2D eigenvalue weighted by Crippen LogP contribution is -2.57. The van der Waals surface area contributed by atoms with Gasteiger partial charge in [0.1, 0.15) is 17.1 Å². The first kappa shape index (κ1) is 36.9. The molecular weight excluding hydrogens is 601 g/mol. The molecule has 3 nitrogen and oxygen atoms in total. The van der Waals surface area contributed by atoms with Gasteiger partial charge in [-0.15, -0.1) is 0 Å². The zero-order valence-electron chi connectivity index (χ0n) is 27.2. The van der Waals surface area contributed by atoms with Gasteiger partial charge in [0.05, 0.1) is 0 Å². The van der Waals surface area contributed by atoms with E-state index in [0.717, 1.165) is 31.1 Å². The highest BCUT2D eigenvalue weighted by Gasteiger charge is 2.77. The van der Waals surface area contributed by atoms with Crippen LogP contribution in [0.3, 0.4) is 0 Å². The highest BCUT2D eigenvalue weighted by atomic mass is 19.4. The van der Waals surface area contributed by atoms with Crippen molar-refractivity contribution >= 4 is 16.7 Å². The summed E-state index contributed by atoms with van der Waals surface area (Å²) < 4.78 is 105. The van der Waals surface area contributed by atoms with E-state index in [9.17, 15) is 35.5 Å². The Morgan fingerprint density at radius 1 is 0.867 bits per heavy atom. The summed E-state index contributed by atoms with van der Waals surface area (Å²) in [5, 5.41) is 0.498. The zero-order valence-corrected chi connectivity index (χ0v) is 27.2. The van der Waals surface area contributed by atoms with Crippen LogP contribution < -0.4 is 9.47 Å². The van der Waals surface area contributed by atoms with Crippen LogP contribution in [0.4, 0.5) is 30.7 Å². The van der Waals surface area contributed by atoms with Gasteiger partial charge in [-0.05, 0) is 62.8 Å². The van der Waals surface area contributed by atoms with Crippen molar-refractivity contribution in [3.63, 3.8) is 0 Å². The van der Waals surface area contributed by atoms with Gasteiger partial charge in [0.2, 0.25) is 0 Å². The second-order valence-corrected chi connectivity index (χ2v) is 13.8. The lowest BCUT2D eigenvalue weighted by molar-refractivity contribution is -0.346.